The summed E-state index contributed by atoms with van der Waals surface area (Å²) >= 11 is 1.44. The molecule has 1 aliphatic carbocycles. The summed E-state index contributed by atoms with van der Waals surface area (Å²) < 4.78 is 25.9. The zero-order valence-corrected chi connectivity index (χ0v) is 15.3. The molecule has 8 heteroatoms. The first-order valence-electron chi connectivity index (χ1n) is 7.95. The van der Waals surface area contributed by atoms with Crippen molar-refractivity contribution in [1.29, 1.82) is 0 Å². The number of thiazole rings is 1. The monoisotopic (exact) mass is 357 g/mol. The molecule has 1 aromatic rings. The van der Waals surface area contributed by atoms with E-state index in [2.05, 4.69) is 9.71 Å². The predicted molar refractivity (Wildman–Crippen MR) is 90.1 cm³/mol. The van der Waals surface area contributed by atoms with Crippen molar-refractivity contribution in [1.82, 2.24) is 14.6 Å². The first kappa shape index (κ1) is 16.9. The van der Waals surface area contributed by atoms with Crippen LogP contribution in [0.1, 0.15) is 39.6 Å². The van der Waals surface area contributed by atoms with Crippen LogP contribution in [0.4, 0.5) is 0 Å². The Labute approximate surface area is 141 Å². The lowest BCUT2D eigenvalue weighted by atomic mass is 9.78. The molecule has 1 amide bonds. The second-order valence-corrected chi connectivity index (χ2v) is 9.69. The molecule has 128 valence electrons. The molecule has 1 N–H and O–H groups in total. The number of likely N-dealkylation sites (tertiary alicyclic amines) is 1. The number of hydrogen-bond donors (Lipinski definition) is 1. The number of sulfonamides is 1. The molecular weight excluding hydrogens is 334 g/mol. The average Bonchev–Trinajstić information content (AvgIpc) is 3.00. The summed E-state index contributed by atoms with van der Waals surface area (Å²) in [6.45, 7) is 5.13. The van der Waals surface area contributed by atoms with Crippen molar-refractivity contribution in [3.05, 3.63) is 15.6 Å². The lowest BCUT2D eigenvalue weighted by molar-refractivity contribution is 0.0787. The summed E-state index contributed by atoms with van der Waals surface area (Å²) in [5.74, 6) is 0.652. The standard InChI is InChI=1S/C15H23N3O3S2/c1-9-14(22-10(2)16-9)15(19)18-7-11-5-4-6-13(12(11)8-18)17-23(3,20)21/h11-13,17H,4-8H2,1-3H3/t11-,12+,13-/m0/s1. The minimum absolute atomic E-state index is 0.0422. The van der Waals surface area contributed by atoms with Crippen LogP contribution < -0.4 is 4.72 Å². The first-order chi connectivity index (χ1) is 10.7. The SMILES string of the molecule is Cc1nc(C)c(C(=O)N2C[C@@H]3CCC[C@H](NS(C)(=O)=O)[C@@H]3C2)s1. The van der Waals surface area contributed by atoms with Crippen LogP contribution in [0.25, 0.3) is 0 Å². The van der Waals surface area contributed by atoms with Crippen LogP contribution in [-0.4, -0.2) is 49.6 Å². The molecule has 0 bridgehead atoms. The normalized spacial score (nSPS) is 28.0. The van der Waals surface area contributed by atoms with Crippen LogP contribution in [0.5, 0.6) is 0 Å². The summed E-state index contributed by atoms with van der Waals surface area (Å²) in [7, 11) is -3.22. The van der Waals surface area contributed by atoms with E-state index in [1.54, 1.807) is 0 Å². The number of aryl methyl sites for hydroxylation is 2. The fourth-order valence-corrected chi connectivity index (χ4v) is 5.66. The zero-order valence-electron chi connectivity index (χ0n) is 13.7. The lowest BCUT2D eigenvalue weighted by Gasteiger charge is -2.32. The van der Waals surface area contributed by atoms with Crippen molar-refractivity contribution in [3.63, 3.8) is 0 Å². The molecule has 0 spiro atoms. The van der Waals surface area contributed by atoms with Crippen molar-refractivity contribution < 1.29 is 13.2 Å². The Kier molecular flexibility index (Phi) is 4.50. The molecule has 2 fully saturated rings. The maximum atomic E-state index is 12.8. The number of amides is 1. The fourth-order valence-electron chi connectivity index (χ4n) is 3.93. The number of carbonyl (C=O) groups excluding carboxylic acids is 1. The summed E-state index contributed by atoms with van der Waals surface area (Å²) in [5, 5.41) is 0.902. The summed E-state index contributed by atoms with van der Waals surface area (Å²) in [4.78, 5) is 19.7. The number of hydrogen-bond acceptors (Lipinski definition) is 5. The first-order valence-corrected chi connectivity index (χ1v) is 10.7. The number of aromatic nitrogens is 1. The molecule has 6 nitrogen and oxygen atoms in total. The van der Waals surface area contributed by atoms with Crippen molar-refractivity contribution >= 4 is 27.3 Å². The van der Waals surface area contributed by atoms with Gasteiger partial charge in [-0.2, -0.15) is 0 Å². The van der Waals surface area contributed by atoms with Gasteiger partial charge in [0.2, 0.25) is 10.0 Å². The number of nitrogens with zero attached hydrogens (tertiary/aromatic N) is 2. The van der Waals surface area contributed by atoms with Gasteiger partial charge in [-0.05, 0) is 38.5 Å². The molecule has 2 heterocycles. The Morgan fingerprint density at radius 3 is 2.65 bits per heavy atom. The molecule has 3 rings (SSSR count). The topological polar surface area (TPSA) is 79.4 Å². The smallest absolute Gasteiger partial charge is 0.265 e. The Bertz CT molecular complexity index is 714. The summed E-state index contributed by atoms with van der Waals surface area (Å²) in [5.41, 5.74) is 0.790. The molecule has 0 radical (unpaired) electrons. The van der Waals surface area contributed by atoms with Crippen molar-refractivity contribution in [2.75, 3.05) is 19.3 Å². The molecule has 1 saturated carbocycles. The van der Waals surface area contributed by atoms with Crippen LogP contribution in [0.15, 0.2) is 0 Å². The number of carbonyl (C=O) groups is 1. The molecule has 3 atom stereocenters. The highest BCUT2D eigenvalue weighted by Crippen LogP contribution is 2.37. The van der Waals surface area contributed by atoms with Gasteiger partial charge in [-0.15, -0.1) is 11.3 Å². The molecule has 1 aromatic heterocycles. The molecule has 0 aromatic carbocycles. The molecule has 23 heavy (non-hydrogen) atoms. The molecule has 1 aliphatic heterocycles. The van der Waals surface area contributed by atoms with E-state index in [1.165, 1.54) is 17.6 Å². The van der Waals surface area contributed by atoms with Crippen molar-refractivity contribution in [2.45, 2.75) is 39.2 Å². The highest BCUT2D eigenvalue weighted by Gasteiger charge is 2.43. The highest BCUT2D eigenvalue weighted by atomic mass is 32.2. The quantitative estimate of drug-likeness (QED) is 0.890. The molecule has 1 saturated heterocycles. The van der Waals surface area contributed by atoms with Crippen LogP contribution in [0.2, 0.25) is 0 Å². The average molecular weight is 358 g/mol. The Balaban J connectivity index is 1.76. The fraction of sp³-hybridized carbons (Fsp3) is 0.733. The van der Waals surface area contributed by atoms with Gasteiger partial charge >= 0.3 is 0 Å². The molecule has 0 unspecified atom stereocenters. The molecular formula is C15H23N3O3S2. The number of nitrogens with one attached hydrogen (secondary N) is 1. The van der Waals surface area contributed by atoms with Crippen LogP contribution in [-0.2, 0) is 10.0 Å². The Hall–Kier alpha value is -0.990. The minimum atomic E-state index is -3.22. The van der Waals surface area contributed by atoms with Crippen LogP contribution >= 0.6 is 11.3 Å². The predicted octanol–water partition coefficient (Wildman–Crippen LogP) is 1.55. The highest BCUT2D eigenvalue weighted by molar-refractivity contribution is 7.88. The second kappa shape index (κ2) is 6.14. The van der Waals surface area contributed by atoms with Gasteiger partial charge in [-0.1, -0.05) is 6.42 Å². The zero-order chi connectivity index (χ0) is 16.8. The third-order valence-corrected chi connectivity index (χ3v) is 6.64. The van der Waals surface area contributed by atoms with E-state index < -0.39 is 10.0 Å². The number of rotatable bonds is 3. The van der Waals surface area contributed by atoms with Crippen LogP contribution in [0.3, 0.4) is 0 Å². The van der Waals surface area contributed by atoms with Gasteiger partial charge in [-0.25, -0.2) is 18.1 Å². The van der Waals surface area contributed by atoms with E-state index in [1.807, 2.05) is 18.7 Å². The van der Waals surface area contributed by atoms with Gasteiger partial charge in [0.15, 0.2) is 0 Å². The minimum Gasteiger partial charge on any atom is -0.337 e. The summed E-state index contributed by atoms with van der Waals surface area (Å²) in [6.07, 6.45) is 4.14. The number of fused-ring (bicyclic) bond motifs is 1. The Morgan fingerprint density at radius 1 is 1.30 bits per heavy atom. The van der Waals surface area contributed by atoms with Crippen LogP contribution in [0, 0.1) is 25.7 Å². The van der Waals surface area contributed by atoms with Gasteiger partial charge in [0, 0.05) is 19.1 Å². The van der Waals surface area contributed by atoms with E-state index in [-0.39, 0.29) is 17.9 Å². The maximum Gasteiger partial charge on any atom is 0.265 e. The lowest BCUT2D eigenvalue weighted by Crippen LogP contribution is -2.45. The maximum absolute atomic E-state index is 12.8. The summed E-state index contributed by atoms with van der Waals surface area (Å²) in [6, 6.07) is -0.0501. The third-order valence-electron chi connectivity index (χ3n) is 4.85. The van der Waals surface area contributed by atoms with E-state index in [0.717, 1.165) is 36.5 Å². The van der Waals surface area contributed by atoms with Gasteiger partial charge in [0.05, 0.1) is 17.0 Å². The third kappa shape index (κ3) is 3.59. The van der Waals surface area contributed by atoms with Gasteiger partial charge in [0.1, 0.15) is 4.88 Å². The van der Waals surface area contributed by atoms with E-state index >= 15 is 0 Å². The van der Waals surface area contributed by atoms with Crippen molar-refractivity contribution in [3.8, 4) is 0 Å². The van der Waals surface area contributed by atoms with Gasteiger partial charge < -0.3 is 4.90 Å². The van der Waals surface area contributed by atoms with E-state index in [4.69, 9.17) is 0 Å². The molecule has 2 aliphatic rings. The van der Waals surface area contributed by atoms with Gasteiger partial charge in [0.25, 0.3) is 5.91 Å². The van der Waals surface area contributed by atoms with E-state index in [0.29, 0.717) is 17.3 Å². The van der Waals surface area contributed by atoms with E-state index in [9.17, 15) is 13.2 Å². The second-order valence-electron chi connectivity index (χ2n) is 6.71. The van der Waals surface area contributed by atoms with Gasteiger partial charge in [-0.3, -0.25) is 4.79 Å². The largest absolute Gasteiger partial charge is 0.337 e. The van der Waals surface area contributed by atoms with Crippen molar-refractivity contribution in [2.24, 2.45) is 11.8 Å². The Morgan fingerprint density at radius 2 is 2.04 bits per heavy atom.